The summed E-state index contributed by atoms with van der Waals surface area (Å²) in [5.74, 6) is -0.145. The van der Waals surface area contributed by atoms with Crippen LogP contribution in [0.25, 0.3) is 0 Å². The van der Waals surface area contributed by atoms with Crippen LogP contribution in [0.2, 0.25) is 0 Å². The number of ether oxygens (including phenoxy) is 1. The van der Waals surface area contributed by atoms with Crippen molar-refractivity contribution >= 4 is 27.5 Å². The zero-order valence-corrected chi connectivity index (χ0v) is 19.5. The van der Waals surface area contributed by atoms with E-state index in [1.807, 2.05) is 0 Å². The summed E-state index contributed by atoms with van der Waals surface area (Å²) in [6.07, 6.45) is 0.932. The first-order valence-corrected chi connectivity index (χ1v) is 12.1. The van der Waals surface area contributed by atoms with Gasteiger partial charge in [0.2, 0.25) is 21.8 Å². The smallest absolute Gasteiger partial charge is 0.241 e. The number of anilines is 1. The molecule has 3 N–H and O–H groups in total. The summed E-state index contributed by atoms with van der Waals surface area (Å²) in [6.45, 7) is 10.6. The number of hydrogen-bond acceptors (Lipinski definition) is 6. The summed E-state index contributed by atoms with van der Waals surface area (Å²) in [5.41, 5.74) is 0.497. The third kappa shape index (κ3) is 8.21. The number of benzene rings is 1. The van der Waals surface area contributed by atoms with Crippen molar-refractivity contribution in [3.8, 4) is 0 Å². The standard InChI is InChI=1S/C21H34N4O5S/c1-15(2)13-19(25-9-11-30-12-10-25)14-22-21(27)16(3)24-31(28,29)20-7-5-18(6-8-20)23-17(4)26/h5-8,15-16,19,24H,9-14H2,1-4H3,(H,22,27)(H,23,26)/t16-,19?/m0/s1. The first-order chi connectivity index (χ1) is 14.6. The topological polar surface area (TPSA) is 117 Å². The molecule has 1 saturated heterocycles. The number of sulfonamides is 1. The van der Waals surface area contributed by atoms with Gasteiger partial charge in [-0.1, -0.05) is 13.8 Å². The van der Waals surface area contributed by atoms with E-state index in [1.54, 1.807) is 0 Å². The molecule has 9 nitrogen and oxygen atoms in total. The molecule has 0 spiro atoms. The Labute approximate surface area is 185 Å². The van der Waals surface area contributed by atoms with Gasteiger partial charge in [0, 0.05) is 38.3 Å². The minimum Gasteiger partial charge on any atom is -0.379 e. The van der Waals surface area contributed by atoms with Crippen LogP contribution < -0.4 is 15.4 Å². The molecule has 174 valence electrons. The number of rotatable bonds is 10. The quantitative estimate of drug-likeness (QED) is 0.489. The zero-order valence-electron chi connectivity index (χ0n) is 18.7. The molecule has 1 unspecified atom stereocenters. The Balaban J connectivity index is 1.94. The highest BCUT2D eigenvalue weighted by molar-refractivity contribution is 7.89. The van der Waals surface area contributed by atoms with Crippen LogP contribution in [0.5, 0.6) is 0 Å². The summed E-state index contributed by atoms with van der Waals surface area (Å²) < 4.78 is 33.1. The summed E-state index contributed by atoms with van der Waals surface area (Å²) in [4.78, 5) is 26.0. The van der Waals surface area contributed by atoms with E-state index in [9.17, 15) is 18.0 Å². The maximum absolute atomic E-state index is 12.6. The van der Waals surface area contributed by atoms with Gasteiger partial charge in [-0.25, -0.2) is 8.42 Å². The van der Waals surface area contributed by atoms with Crippen molar-refractivity contribution < 1.29 is 22.7 Å². The Morgan fingerprint density at radius 3 is 2.26 bits per heavy atom. The van der Waals surface area contributed by atoms with Crippen LogP contribution in [0.1, 0.15) is 34.1 Å². The first-order valence-electron chi connectivity index (χ1n) is 10.6. The average Bonchev–Trinajstić information content (AvgIpc) is 2.71. The average molecular weight is 455 g/mol. The molecule has 1 aromatic carbocycles. The second-order valence-corrected chi connectivity index (χ2v) is 9.94. The molecule has 2 rings (SSSR count). The van der Waals surface area contributed by atoms with Gasteiger partial charge in [-0.05, 0) is 43.5 Å². The second kappa shape index (κ2) is 11.6. The summed E-state index contributed by atoms with van der Waals surface area (Å²) in [5, 5.41) is 5.47. The lowest BCUT2D eigenvalue weighted by Crippen LogP contribution is -2.52. The highest BCUT2D eigenvalue weighted by Crippen LogP contribution is 2.15. The van der Waals surface area contributed by atoms with Crippen LogP contribution in [-0.2, 0) is 24.3 Å². The van der Waals surface area contributed by atoms with Gasteiger partial charge in [0.1, 0.15) is 0 Å². The molecule has 1 fully saturated rings. The lowest BCUT2D eigenvalue weighted by atomic mass is 10.0. The molecular weight excluding hydrogens is 420 g/mol. The maximum atomic E-state index is 12.6. The lowest BCUT2D eigenvalue weighted by molar-refractivity contribution is -0.122. The Bertz CT molecular complexity index is 836. The number of carbonyl (C=O) groups excluding carboxylic acids is 2. The van der Waals surface area contributed by atoms with Gasteiger partial charge in [-0.3, -0.25) is 14.5 Å². The molecule has 10 heteroatoms. The predicted octanol–water partition coefficient (Wildman–Crippen LogP) is 1.17. The first kappa shape index (κ1) is 25.3. The Morgan fingerprint density at radius 2 is 1.71 bits per heavy atom. The van der Waals surface area contributed by atoms with Gasteiger partial charge in [0.05, 0.1) is 24.2 Å². The molecular formula is C21H34N4O5S. The van der Waals surface area contributed by atoms with Crippen LogP contribution >= 0.6 is 0 Å². The van der Waals surface area contributed by atoms with E-state index in [0.717, 1.165) is 19.5 Å². The van der Waals surface area contributed by atoms with Crippen molar-refractivity contribution in [3.63, 3.8) is 0 Å². The number of carbonyl (C=O) groups is 2. The van der Waals surface area contributed by atoms with E-state index >= 15 is 0 Å². The molecule has 1 aliphatic heterocycles. The monoisotopic (exact) mass is 454 g/mol. The van der Waals surface area contributed by atoms with E-state index in [-0.39, 0.29) is 22.8 Å². The highest BCUT2D eigenvalue weighted by Gasteiger charge is 2.25. The fourth-order valence-electron chi connectivity index (χ4n) is 3.49. The fourth-order valence-corrected chi connectivity index (χ4v) is 4.70. The van der Waals surface area contributed by atoms with Crippen LogP contribution in [-0.4, -0.2) is 70.1 Å². The van der Waals surface area contributed by atoms with Crippen LogP contribution in [0, 0.1) is 5.92 Å². The van der Waals surface area contributed by atoms with Gasteiger partial charge in [-0.15, -0.1) is 0 Å². The lowest BCUT2D eigenvalue weighted by Gasteiger charge is -2.35. The van der Waals surface area contributed by atoms with Gasteiger partial charge < -0.3 is 15.4 Å². The van der Waals surface area contributed by atoms with E-state index in [2.05, 4.69) is 34.1 Å². The minimum absolute atomic E-state index is 0.0206. The molecule has 31 heavy (non-hydrogen) atoms. The molecule has 1 aromatic rings. The largest absolute Gasteiger partial charge is 0.379 e. The molecule has 2 atom stereocenters. The van der Waals surface area contributed by atoms with Crippen molar-refractivity contribution in [2.75, 3.05) is 38.2 Å². The molecule has 0 aromatic heterocycles. The number of nitrogens with zero attached hydrogens (tertiary/aromatic N) is 1. The SMILES string of the molecule is CC(=O)Nc1ccc(S(=O)(=O)N[C@@H](C)C(=O)NCC(CC(C)C)N2CCOCC2)cc1. The van der Waals surface area contributed by atoms with Crippen molar-refractivity contribution in [3.05, 3.63) is 24.3 Å². The van der Waals surface area contributed by atoms with Gasteiger partial charge in [0.15, 0.2) is 0 Å². The van der Waals surface area contributed by atoms with Crippen LogP contribution in [0.4, 0.5) is 5.69 Å². The molecule has 0 saturated carbocycles. The maximum Gasteiger partial charge on any atom is 0.241 e. The molecule has 1 heterocycles. The predicted molar refractivity (Wildman–Crippen MR) is 119 cm³/mol. The van der Waals surface area contributed by atoms with Crippen molar-refractivity contribution in [1.29, 1.82) is 0 Å². The van der Waals surface area contributed by atoms with Crippen LogP contribution in [0.3, 0.4) is 0 Å². The van der Waals surface area contributed by atoms with E-state index in [4.69, 9.17) is 4.74 Å². The van der Waals surface area contributed by atoms with Gasteiger partial charge in [-0.2, -0.15) is 4.72 Å². The number of nitrogens with one attached hydrogen (secondary N) is 3. The number of amides is 2. The third-order valence-electron chi connectivity index (χ3n) is 5.03. The van der Waals surface area contributed by atoms with E-state index in [1.165, 1.54) is 38.1 Å². The Hall–Kier alpha value is -2.01. The molecule has 0 aliphatic carbocycles. The molecule has 0 radical (unpaired) electrons. The number of morpholine rings is 1. The molecule has 2 amide bonds. The summed E-state index contributed by atoms with van der Waals surface area (Å²) in [7, 11) is -3.88. The minimum atomic E-state index is -3.88. The summed E-state index contributed by atoms with van der Waals surface area (Å²) >= 11 is 0. The number of hydrogen-bond donors (Lipinski definition) is 3. The second-order valence-electron chi connectivity index (χ2n) is 8.23. The fraction of sp³-hybridized carbons (Fsp3) is 0.619. The van der Waals surface area contributed by atoms with E-state index < -0.39 is 16.1 Å². The molecule has 1 aliphatic rings. The van der Waals surface area contributed by atoms with Gasteiger partial charge in [0.25, 0.3) is 0 Å². The molecule has 0 bridgehead atoms. The normalized spacial score (nSPS) is 17.2. The van der Waals surface area contributed by atoms with Crippen molar-refractivity contribution in [1.82, 2.24) is 14.9 Å². The Morgan fingerprint density at radius 1 is 1.10 bits per heavy atom. The van der Waals surface area contributed by atoms with Gasteiger partial charge >= 0.3 is 0 Å². The third-order valence-corrected chi connectivity index (χ3v) is 6.58. The van der Waals surface area contributed by atoms with Crippen molar-refractivity contribution in [2.45, 2.75) is 51.1 Å². The Kier molecular flexibility index (Phi) is 9.42. The summed E-state index contributed by atoms with van der Waals surface area (Å²) in [6, 6.07) is 5.02. The highest BCUT2D eigenvalue weighted by atomic mass is 32.2. The van der Waals surface area contributed by atoms with E-state index in [0.29, 0.717) is 31.4 Å². The van der Waals surface area contributed by atoms with Crippen LogP contribution in [0.15, 0.2) is 29.2 Å². The van der Waals surface area contributed by atoms with Crippen molar-refractivity contribution in [2.24, 2.45) is 5.92 Å². The zero-order chi connectivity index (χ0) is 23.0.